The molecule has 0 spiro atoms. The summed E-state index contributed by atoms with van der Waals surface area (Å²) in [6.45, 7) is 0.939. The maximum absolute atomic E-state index is 12.1. The number of methoxy groups -OCH3 is 1. The monoisotopic (exact) mass is 420 g/mol. The second-order valence-electron chi connectivity index (χ2n) is 7.83. The second-order valence-corrected chi connectivity index (χ2v) is 7.83. The molecule has 1 saturated carbocycles. The van der Waals surface area contributed by atoms with E-state index in [1.165, 1.54) is 0 Å². The van der Waals surface area contributed by atoms with Crippen LogP contribution in [0.25, 0.3) is 0 Å². The SMILES string of the molecule is COC(=O)C1=CO[C@@H](O[C@@H]2O[C@H](CO)[C@@H](O)[C@H](O)[C@H]2O)[C@@H]2[C@@]3(C)O[C@@H]3[C@@H](O)[C@]12O. The van der Waals surface area contributed by atoms with Crippen LogP contribution in [0.4, 0.5) is 0 Å². The van der Waals surface area contributed by atoms with E-state index in [0.29, 0.717) is 0 Å². The van der Waals surface area contributed by atoms with Crippen molar-refractivity contribution in [2.45, 2.75) is 67.3 Å². The lowest BCUT2D eigenvalue weighted by Gasteiger charge is -2.46. The molecule has 12 heteroatoms. The summed E-state index contributed by atoms with van der Waals surface area (Å²) in [6.07, 6.45) is -10.5. The highest BCUT2D eigenvalue weighted by Gasteiger charge is 2.81. The van der Waals surface area contributed by atoms with Gasteiger partial charge in [0, 0.05) is 0 Å². The fraction of sp³-hybridized carbons (Fsp3) is 0.824. The zero-order valence-corrected chi connectivity index (χ0v) is 15.6. The molecular formula is C17H24O12. The van der Waals surface area contributed by atoms with Crippen molar-refractivity contribution in [3.05, 3.63) is 11.8 Å². The Kier molecular flexibility index (Phi) is 4.93. The molecule has 0 unspecified atom stereocenters. The number of epoxide rings is 1. The van der Waals surface area contributed by atoms with Crippen molar-refractivity contribution in [1.82, 2.24) is 0 Å². The van der Waals surface area contributed by atoms with Gasteiger partial charge < -0.3 is 54.3 Å². The van der Waals surface area contributed by atoms with Gasteiger partial charge >= 0.3 is 5.97 Å². The standard InChI is InChI=1S/C17H24O12/c1-16-10-15(28-14-9(21)8(20)7(19)6(3-18)27-14)26-4-5(13(23)25-2)17(10,24)11(22)12(16)29-16/h4,6-12,14-15,18-22,24H,3H2,1-2H3/t6-,7-,8+,9-,10-,11-,12-,14+,15+,16-,17+/m1/s1. The van der Waals surface area contributed by atoms with E-state index in [9.17, 15) is 35.4 Å². The average Bonchev–Trinajstić information content (AvgIpc) is 3.34. The first-order valence-electron chi connectivity index (χ1n) is 9.09. The van der Waals surface area contributed by atoms with Crippen LogP contribution in [0.2, 0.25) is 0 Å². The Balaban J connectivity index is 1.64. The van der Waals surface area contributed by atoms with E-state index in [4.69, 9.17) is 18.9 Å². The number of aliphatic hydroxyl groups excluding tert-OH is 5. The summed E-state index contributed by atoms with van der Waals surface area (Å²) in [5.74, 6) is -2.03. The van der Waals surface area contributed by atoms with Gasteiger partial charge in [-0.3, -0.25) is 0 Å². The summed E-state index contributed by atoms with van der Waals surface area (Å²) in [7, 11) is 1.11. The quantitative estimate of drug-likeness (QED) is 0.192. The summed E-state index contributed by atoms with van der Waals surface area (Å²) in [5.41, 5.74) is -3.55. The maximum Gasteiger partial charge on any atom is 0.339 e. The number of aliphatic hydroxyl groups is 6. The highest BCUT2D eigenvalue weighted by molar-refractivity contribution is 5.91. The van der Waals surface area contributed by atoms with Crippen molar-refractivity contribution in [1.29, 1.82) is 0 Å². The van der Waals surface area contributed by atoms with Crippen LogP contribution in [-0.4, -0.2) is 111 Å². The van der Waals surface area contributed by atoms with E-state index in [-0.39, 0.29) is 5.57 Å². The van der Waals surface area contributed by atoms with Crippen molar-refractivity contribution < 1.29 is 59.1 Å². The van der Waals surface area contributed by atoms with E-state index >= 15 is 0 Å². The number of esters is 1. The number of fused-ring (bicyclic) bond motifs is 3. The third-order valence-electron chi connectivity index (χ3n) is 6.26. The summed E-state index contributed by atoms with van der Waals surface area (Å²) >= 11 is 0. The van der Waals surface area contributed by atoms with Crippen molar-refractivity contribution in [3.63, 3.8) is 0 Å². The van der Waals surface area contributed by atoms with Crippen molar-refractivity contribution in [3.8, 4) is 0 Å². The first kappa shape index (κ1) is 20.9. The third-order valence-corrected chi connectivity index (χ3v) is 6.26. The number of hydrogen-bond donors (Lipinski definition) is 6. The number of rotatable bonds is 4. The van der Waals surface area contributed by atoms with Gasteiger partial charge in [0.05, 0.1) is 19.6 Å². The van der Waals surface area contributed by atoms with Gasteiger partial charge in [0.15, 0.2) is 6.29 Å². The average molecular weight is 420 g/mol. The van der Waals surface area contributed by atoms with Crippen LogP contribution in [0.5, 0.6) is 0 Å². The Morgan fingerprint density at radius 3 is 2.48 bits per heavy atom. The Labute approximate surface area is 164 Å². The van der Waals surface area contributed by atoms with Crippen LogP contribution >= 0.6 is 0 Å². The molecular weight excluding hydrogens is 396 g/mol. The van der Waals surface area contributed by atoms with Crippen LogP contribution in [0.1, 0.15) is 6.92 Å². The molecule has 0 aromatic heterocycles. The Hall–Kier alpha value is -1.35. The highest BCUT2D eigenvalue weighted by atomic mass is 16.8. The zero-order chi connectivity index (χ0) is 21.3. The van der Waals surface area contributed by atoms with Crippen molar-refractivity contribution in [2.75, 3.05) is 13.7 Å². The minimum absolute atomic E-state index is 0.317. The first-order valence-corrected chi connectivity index (χ1v) is 9.09. The van der Waals surface area contributed by atoms with Gasteiger partial charge in [-0.25, -0.2) is 4.79 Å². The van der Waals surface area contributed by atoms with Crippen LogP contribution in [0.3, 0.4) is 0 Å². The van der Waals surface area contributed by atoms with E-state index in [0.717, 1.165) is 13.4 Å². The fourth-order valence-electron chi connectivity index (χ4n) is 4.58. The number of carbonyl (C=O) groups excluding carboxylic acids is 1. The van der Waals surface area contributed by atoms with Gasteiger partial charge in [-0.05, 0) is 6.92 Å². The molecule has 3 heterocycles. The predicted molar refractivity (Wildman–Crippen MR) is 87.5 cm³/mol. The summed E-state index contributed by atoms with van der Waals surface area (Å²) in [5, 5.41) is 61.2. The molecule has 29 heavy (non-hydrogen) atoms. The van der Waals surface area contributed by atoms with Gasteiger partial charge in [0.2, 0.25) is 6.29 Å². The van der Waals surface area contributed by atoms with E-state index < -0.39 is 78.9 Å². The molecule has 1 aliphatic carbocycles. The number of hydrogen-bond acceptors (Lipinski definition) is 12. The summed E-state index contributed by atoms with van der Waals surface area (Å²) in [6, 6.07) is 0. The fourth-order valence-corrected chi connectivity index (χ4v) is 4.58. The van der Waals surface area contributed by atoms with Crippen LogP contribution in [-0.2, 0) is 28.5 Å². The first-order chi connectivity index (χ1) is 13.6. The highest BCUT2D eigenvalue weighted by Crippen LogP contribution is 2.63. The normalized spacial score (nSPS) is 53.4. The molecule has 4 aliphatic rings. The van der Waals surface area contributed by atoms with Crippen molar-refractivity contribution >= 4 is 5.97 Å². The lowest BCUT2D eigenvalue weighted by Crippen LogP contribution is -2.63. The van der Waals surface area contributed by atoms with E-state index in [1.807, 2.05) is 0 Å². The lowest BCUT2D eigenvalue weighted by molar-refractivity contribution is -0.350. The van der Waals surface area contributed by atoms with Gasteiger partial charge in [-0.15, -0.1) is 0 Å². The Morgan fingerprint density at radius 2 is 1.86 bits per heavy atom. The molecule has 4 rings (SSSR count). The molecule has 0 aromatic rings. The topological polar surface area (TPSA) is 188 Å². The van der Waals surface area contributed by atoms with Gasteiger partial charge in [-0.2, -0.15) is 0 Å². The Bertz CT molecular complexity index is 711. The van der Waals surface area contributed by atoms with Crippen LogP contribution in [0, 0.1) is 5.92 Å². The molecule has 12 nitrogen and oxygen atoms in total. The third kappa shape index (κ3) is 2.76. The molecule has 0 aromatic carbocycles. The zero-order valence-electron chi connectivity index (χ0n) is 15.6. The van der Waals surface area contributed by atoms with E-state index in [2.05, 4.69) is 4.74 Å². The lowest BCUT2D eigenvalue weighted by atomic mass is 9.77. The largest absolute Gasteiger partial charge is 0.471 e. The van der Waals surface area contributed by atoms with Crippen LogP contribution < -0.4 is 0 Å². The molecule has 11 atom stereocenters. The minimum atomic E-state index is -2.12. The Morgan fingerprint density at radius 1 is 1.17 bits per heavy atom. The molecule has 3 aliphatic heterocycles. The van der Waals surface area contributed by atoms with Crippen molar-refractivity contribution in [2.24, 2.45) is 5.92 Å². The van der Waals surface area contributed by atoms with Gasteiger partial charge in [-0.1, -0.05) is 0 Å². The van der Waals surface area contributed by atoms with Gasteiger partial charge in [0.25, 0.3) is 0 Å². The molecule has 2 saturated heterocycles. The summed E-state index contributed by atoms with van der Waals surface area (Å²) < 4.78 is 26.5. The molecule has 164 valence electrons. The molecule has 6 N–H and O–H groups in total. The molecule has 3 fully saturated rings. The molecule has 0 bridgehead atoms. The van der Waals surface area contributed by atoms with Crippen LogP contribution in [0.15, 0.2) is 11.8 Å². The smallest absolute Gasteiger partial charge is 0.339 e. The molecule has 0 radical (unpaired) electrons. The number of ether oxygens (including phenoxy) is 5. The maximum atomic E-state index is 12.1. The predicted octanol–water partition coefficient (Wildman–Crippen LogP) is -3.90. The minimum Gasteiger partial charge on any atom is -0.471 e. The van der Waals surface area contributed by atoms with Gasteiger partial charge in [0.1, 0.15) is 59.7 Å². The summed E-state index contributed by atoms with van der Waals surface area (Å²) in [4.78, 5) is 12.1. The second kappa shape index (κ2) is 6.83. The number of carbonyl (C=O) groups is 1. The molecule has 0 amide bonds. The van der Waals surface area contributed by atoms with E-state index in [1.54, 1.807) is 6.92 Å².